The minimum Gasteiger partial charge on any atom is -0.480 e. The van der Waals surface area contributed by atoms with E-state index in [0.717, 1.165) is 7.11 Å². The molecule has 3 saturated heterocycles. The Morgan fingerprint density at radius 2 is 1.95 bits per heavy atom. The number of rotatable bonds is 2. The molecule has 1 amide bonds. The van der Waals surface area contributed by atoms with Crippen molar-refractivity contribution in [2.45, 2.75) is 40.7 Å². The lowest BCUT2D eigenvalue weighted by Crippen LogP contribution is -2.71. The van der Waals surface area contributed by atoms with Crippen molar-refractivity contribution in [3.8, 4) is 0 Å². The van der Waals surface area contributed by atoms with E-state index in [2.05, 4.69) is 4.74 Å². The van der Waals surface area contributed by atoms with Gasteiger partial charge in [-0.1, -0.05) is 11.6 Å². The fraction of sp³-hybridized carbons (Fsp3) is 0.727. The minimum atomic E-state index is -4.14. The van der Waals surface area contributed by atoms with Gasteiger partial charge in [-0.2, -0.15) is 0 Å². The molecule has 3 aliphatic heterocycles. The van der Waals surface area contributed by atoms with Crippen LogP contribution in [0.3, 0.4) is 0 Å². The predicted molar refractivity (Wildman–Crippen MR) is 69.5 cm³/mol. The summed E-state index contributed by atoms with van der Waals surface area (Å²) in [5, 5.41) is 5.41. The Labute approximate surface area is 130 Å². The zero-order valence-corrected chi connectivity index (χ0v) is 13.3. The number of hydrogen-bond acceptors (Lipinski definition) is 7. The highest BCUT2D eigenvalue weighted by Gasteiger charge is 2.96. The number of ether oxygens (including phenoxy) is 2. The third-order valence-corrected chi connectivity index (χ3v) is 7.89. The summed E-state index contributed by atoms with van der Waals surface area (Å²) >= 11 is 5.91. The number of carbonyl (C=O) groups excluding carboxylic acids is 2. The van der Waals surface area contributed by atoms with Gasteiger partial charge in [0.05, 0.1) is 7.11 Å². The minimum absolute atomic E-state index is 0.699. The number of amides is 1. The molecule has 3 aliphatic rings. The highest BCUT2D eigenvalue weighted by atomic mass is 35.5. The molecule has 0 aliphatic carbocycles. The Hall–Kier alpha value is -1.39. The van der Waals surface area contributed by atoms with Crippen LogP contribution in [0.1, 0.15) is 13.8 Å². The fourth-order valence-electron chi connectivity index (χ4n) is 3.26. The van der Waals surface area contributed by atoms with E-state index in [4.69, 9.17) is 16.3 Å². The zero-order valence-electron chi connectivity index (χ0n) is 11.7. The topological polar surface area (TPSA) is 131 Å². The lowest BCUT2D eigenvalue weighted by molar-refractivity contribution is -0.165. The summed E-state index contributed by atoms with van der Waals surface area (Å²) in [6, 6.07) is -1.58. The van der Waals surface area contributed by atoms with Crippen molar-refractivity contribution in [2.24, 2.45) is 0 Å². The Balaban J connectivity index is 2.13. The van der Waals surface area contributed by atoms with Crippen LogP contribution in [0.2, 0.25) is 0 Å². The SMILES string of the molecule is COC(=O)[C@]1(Cl)O[C@]12C(=O)N1[C@@H](C(=O)O)C(C)(C)S(=O)(=O)[C@@H]12. The van der Waals surface area contributed by atoms with Gasteiger partial charge >= 0.3 is 11.9 Å². The number of nitrogens with zero attached hydrogens (tertiary/aromatic N) is 1. The molecule has 1 spiro atoms. The van der Waals surface area contributed by atoms with Crippen LogP contribution in [0.5, 0.6) is 0 Å². The molecular weight excluding hydrogens is 342 g/mol. The van der Waals surface area contributed by atoms with Crippen LogP contribution in [0.4, 0.5) is 0 Å². The fourth-order valence-corrected chi connectivity index (χ4v) is 6.08. The quantitative estimate of drug-likeness (QED) is 0.280. The van der Waals surface area contributed by atoms with Crippen molar-refractivity contribution in [2.75, 3.05) is 7.11 Å². The van der Waals surface area contributed by atoms with E-state index >= 15 is 0 Å². The molecule has 0 bridgehead atoms. The van der Waals surface area contributed by atoms with Crippen LogP contribution in [0, 0.1) is 0 Å². The van der Waals surface area contributed by atoms with Gasteiger partial charge in [-0.25, -0.2) is 18.0 Å². The van der Waals surface area contributed by atoms with Gasteiger partial charge in [0.1, 0.15) is 10.8 Å². The number of esters is 1. The van der Waals surface area contributed by atoms with Crippen molar-refractivity contribution in [3.63, 3.8) is 0 Å². The van der Waals surface area contributed by atoms with Gasteiger partial charge in [-0.3, -0.25) is 4.79 Å². The van der Waals surface area contributed by atoms with Gasteiger partial charge in [0.25, 0.3) is 11.0 Å². The average Bonchev–Trinajstić information content (AvgIpc) is 3.01. The number of aliphatic carboxylic acids is 1. The summed E-state index contributed by atoms with van der Waals surface area (Å²) in [5.74, 6) is -3.51. The van der Waals surface area contributed by atoms with Gasteiger partial charge < -0.3 is 19.5 Å². The smallest absolute Gasteiger partial charge is 0.358 e. The van der Waals surface area contributed by atoms with E-state index in [1.165, 1.54) is 13.8 Å². The lowest BCUT2D eigenvalue weighted by Gasteiger charge is -2.41. The monoisotopic (exact) mass is 353 g/mol. The molecule has 3 heterocycles. The van der Waals surface area contributed by atoms with E-state index in [9.17, 15) is 27.9 Å². The molecule has 3 fully saturated rings. The molecule has 122 valence electrons. The summed E-state index contributed by atoms with van der Waals surface area (Å²) in [6.07, 6.45) is 0. The van der Waals surface area contributed by atoms with E-state index in [1.807, 2.05) is 0 Å². The number of alkyl halides is 1. The number of β-lactam (4-membered cyclic amide) rings is 1. The van der Waals surface area contributed by atoms with E-state index in [1.54, 1.807) is 0 Å². The number of epoxide rings is 1. The van der Waals surface area contributed by atoms with E-state index in [-0.39, 0.29) is 0 Å². The summed E-state index contributed by atoms with van der Waals surface area (Å²) in [7, 11) is -3.13. The molecule has 4 atom stereocenters. The van der Waals surface area contributed by atoms with Crippen LogP contribution in [0.15, 0.2) is 0 Å². The third-order valence-electron chi connectivity index (χ3n) is 4.54. The summed E-state index contributed by atoms with van der Waals surface area (Å²) in [5.41, 5.74) is -2.11. The number of carboxylic acid groups (broad SMARTS) is 1. The van der Waals surface area contributed by atoms with Crippen LogP contribution in [-0.2, 0) is 33.7 Å². The third kappa shape index (κ3) is 1.23. The van der Waals surface area contributed by atoms with Crippen LogP contribution in [0.25, 0.3) is 0 Å². The largest absolute Gasteiger partial charge is 0.480 e. The maximum atomic E-state index is 12.6. The Morgan fingerprint density at radius 1 is 1.41 bits per heavy atom. The van der Waals surface area contributed by atoms with Crippen molar-refractivity contribution in [1.82, 2.24) is 4.90 Å². The second-order valence-corrected chi connectivity index (χ2v) is 9.00. The number of halogens is 1. The second-order valence-electron chi connectivity index (χ2n) is 5.88. The van der Waals surface area contributed by atoms with Crippen LogP contribution in [-0.4, -0.2) is 70.2 Å². The number of methoxy groups -OCH3 is 1. The Kier molecular flexibility index (Phi) is 2.64. The average molecular weight is 354 g/mol. The molecular formula is C11H12ClNO8S. The first kappa shape index (κ1) is 15.5. The first-order valence-corrected chi connectivity index (χ1v) is 8.10. The maximum Gasteiger partial charge on any atom is 0.358 e. The maximum absolute atomic E-state index is 12.6. The van der Waals surface area contributed by atoms with E-state index in [0.29, 0.717) is 4.90 Å². The molecule has 0 radical (unpaired) electrons. The van der Waals surface area contributed by atoms with Gasteiger partial charge in [-0.05, 0) is 13.8 Å². The second kappa shape index (κ2) is 3.74. The Bertz CT molecular complexity index is 732. The molecule has 3 rings (SSSR count). The molecule has 0 aromatic carbocycles. The standard InChI is InChI=1S/C11H12ClNO8S/c1-9(2)4(5(14)15)13-6(16)10(7(13)22(9,18)19)11(12,21-10)8(17)20-3/h4,7H,1-3H3,(H,14,15)/t4-,7+,10-,11-/m0/s1. The summed E-state index contributed by atoms with van der Waals surface area (Å²) in [4.78, 5) is 36.1. The first-order chi connectivity index (χ1) is 9.91. The number of hydrogen-bond donors (Lipinski definition) is 1. The molecule has 0 aromatic heterocycles. The van der Waals surface area contributed by atoms with Gasteiger partial charge in [-0.15, -0.1) is 0 Å². The lowest BCUT2D eigenvalue weighted by atomic mass is 9.89. The normalized spacial score (nSPS) is 43.5. The molecule has 1 N–H and O–H groups in total. The summed E-state index contributed by atoms with van der Waals surface area (Å²) < 4.78 is 33.0. The van der Waals surface area contributed by atoms with Gasteiger partial charge in [0.2, 0.25) is 5.60 Å². The highest BCUT2D eigenvalue weighted by Crippen LogP contribution is 2.67. The molecule has 11 heteroatoms. The van der Waals surface area contributed by atoms with Crippen molar-refractivity contribution in [3.05, 3.63) is 0 Å². The zero-order chi connectivity index (χ0) is 16.9. The molecule has 0 unspecified atom stereocenters. The number of carbonyl (C=O) groups is 3. The number of fused-ring (bicyclic) bond motifs is 2. The molecule has 22 heavy (non-hydrogen) atoms. The van der Waals surface area contributed by atoms with Crippen LogP contribution >= 0.6 is 11.6 Å². The van der Waals surface area contributed by atoms with Crippen LogP contribution < -0.4 is 0 Å². The van der Waals surface area contributed by atoms with Crippen molar-refractivity contribution < 1.29 is 37.4 Å². The number of sulfone groups is 1. The van der Waals surface area contributed by atoms with E-state index < -0.39 is 54.5 Å². The molecule has 9 nitrogen and oxygen atoms in total. The molecule has 0 aromatic rings. The van der Waals surface area contributed by atoms with Gasteiger partial charge in [0, 0.05) is 0 Å². The number of carboxylic acids is 1. The Morgan fingerprint density at radius 3 is 2.41 bits per heavy atom. The first-order valence-electron chi connectivity index (χ1n) is 6.17. The predicted octanol–water partition coefficient (Wildman–Crippen LogP) is -1.31. The molecule has 0 saturated carbocycles. The van der Waals surface area contributed by atoms with Gasteiger partial charge in [0.15, 0.2) is 15.2 Å². The highest BCUT2D eigenvalue weighted by molar-refractivity contribution is 7.94. The summed E-state index contributed by atoms with van der Waals surface area (Å²) in [6.45, 7) is 2.41. The van der Waals surface area contributed by atoms with Crippen molar-refractivity contribution in [1.29, 1.82) is 0 Å². The van der Waals surface area contributed by atoms with Crippen molar-refractivity contribution >= 4 is 39.3 Å².